The molecule has 0 aliphatic carbocycles. The number of hydrogen-bond donors (Lipinski definition) is 1. The monoisotopic (exact) mass is 245 g/mol. The lowest BCUT2D eigenvalue weighted by Crippen LogP contribution is -2.23. The van der Waals surface area contributed by atoms with Crippen molar-refractivity contribution in [1.29, 1.82) is 0 Å². The molecule has 96 valence electrons. The number of nitrogens with two attached hydrogens (primary N) is 1. The van der Waals surface area contributed by atoms with E-state index in [9.17, 15) is 4.79 Å². The van der Waals surface area contributed by atoms with E-state index in [4.69, 9.17) is 5.73 Å². The van der Waals surface area contributed by atoms with Crippen molar-refractivity contribution < 1.29 is 0 Å². The summed E-state index contributed by atoms with van der Waals surface area (Å²) in [5, 5.41) is 0. The molecule has 2 N–H and O–H groups in total. The Hall–Kier alpha value is -1.97. The number of benzene rings is 1. The van der Waals surface area contributed by atoms with Crippen LogP contribution < -0.4 is 11.3 Å². The number of nitrogens with zero attached hydrogens (tertiary/aromatic N) is 2. The van der Waals surface area contributed by atoms with Crippen molar-refractivity contribution in [2.45, 2.75) is 33.2 Å². The molecule has 4 nitrogen and oxygen atoms in total. The average Bonchev–Trinajstić information content (AvgIpc) is 2.62. The van der Waals surface area contributed by atoms with E-state index in [1.54, 1.807) is 4.68 Å². The molecule has 0 aliphatic heterocycles. The van der Waals surface area contributed by atoms with Crippen LogP contribution in [-0.4, -0.2) is 9.36 Å². The van der Waals surface area contributed by atoms with Gasteiger partial charge in [0, 0.05) is 6.54 Å². The first-order valence-electron chi connectivity index (χ1n) is 6.30. The van der Waals surface area contributed by atoms with E-state index in [-0.39, 0.29) is 5.56 Å². The molecule has 1 heterocycles. The lowest BCUT2D eigenvalue weighted by Gasteiger charge is -2.13. The van der Waals surface area contributed by atoms with Crippen LogP contribution in [-0.2, 0) is 6.54 Å². The van der Waals surface area contributed by atoms with Crippen molar-refractivity contribution in [3.63, 3.8) is 0 Å². The van der Waals surface area contributed by atoms with Gasteiger partial charge in [-0.25, -0.2) is 4.68 Å². The topological polar surface area (TPSA) is 52.9 Å². The van der Waals surface area contributed by atoms with Crippen LogP contribution >= 0.6 is 0 Å². The van der Waals surface area contributed by atoms with E-state index in [0.29, 0.717) is 12.2 Å². The maximum atomic E-state index is 12.1. The predicted octanol–water partition coefficient (Wildman–Crippen LogP) is 2.33. The summed E-state index contributed by atoms with van der Waals surface area (Å²) < 4.78 is 3.64. The minimum Gasteiger partial charge on any atom is -0.393 e. The van der Waals surface area contributed by atoms with E-state index >= 15 is 0 Å². The Morgan fingerprint density at radius 3 is 2.50 bits per heavy atom. The smallest absolute Gasteiger partial charge is 0.290 e. The largest absolute Gasteiger partial charge is 0.393 e. The summed E-state index contributed by atoms with van der Waals surface area (Å²) in [5.41, 5.74) is 7.89. The second kappa shape index (κ2) is 5.12. The van der Waals surface area contributed by atoms with E-state index < -0.39 is 0 Å². The molecule has 18 heavy (non-hydrogen) atoms. The molecular formula is C14H19N3O. The third-order valence-corrected chi connectivity index (χ3v) is 3.14. The molecule has 0 unspecified atom stereocenters. The van der Waals surface area contributed by atoms with Crippen LogP contribution in [0.1, 0.15) is 25.5 Å². The summed E-state index contributed by atoms with van der Waals surface area (Å²) in [4.78, 5) is 12.1. The molecule has 0 radical (unpaired) electrons. The first-order chi connectivity index (χ1) is 8.66. The van der Waals surface area contributed by atoms with Crippen LogP contribution in [0.2, 0.25) is 0 Å². The Bertz CT molecular complexity index is 581. The number of anilines is 1. The summed E-state index contributed by atoms with van der Waals surface area (Å²) in [6, 6.07) is 9.84. The quantitative estimate of drug-likeness (QED) is 0.898. The fraction of sp³-hybridized carbons (Fsp3) is 0.357. The van der Waals surface area contributed by atoms with E-state index in [0.717, 1.165) is 24.2 Å². The van der Waals surface area contributed by atoms with Crippen LogP contribution in [0.4, 0.5) is 5.69 Å². The van der Waals surface area contributed by atoms with Crippen LogP contribution in [0.3, 0.4) is 0 Å². The lowest BCUT2D eigenvalue weighted by molar-refractivity contribution is 0.504. The number of para-hydroxylation sites is 1. The second-order valence-corrected chi connectivity index (χ2v) is 4.43. The van der Waals surface area contributed by atoms with Gasteiger partial charge >= 0.3 is 0 Å². The molecule has 0 saturated heterocycles. The minimum absolute atomic E-state index is 0.0928. The van der Waals surface area contributed by atoms with Gasteiger partial charge in [0.1, 0.15) is 5.69 Å². The molecule has 2 rings (SSSR count). The van der Waals surface area contributed by atoms with Crippen LogP contribution in [0.15, 0.2) is 35.1 Å². The van der Waals surface area contributed by atoms with Gasteiger partial charge in [-0.3, -0.25) is 9.48 Å². The highest BCUT2D eigenvalue weighted by atomic mass is 16.1. The van der Waals surface area contributed by atoms with Gasteiger partial charge in [0.25, 0.3) is 5.56 Å². The first kappa shape index (κ1) is 12.5. The summed E-state index contributed by atoms with van der Waals surface area (Å²) >= 11 is 0. The fourth-order valence-corrected chi connectivity index (χ4v) is 2.09. The summed E-state index contributed by atoms with van der Waals surface area (Å²) in [7, 11) is 0. The molecule has 1 aromatic heterocycles. The second-order valence-electron chi connectivity index (χ2n) is 4.43. The highest BCUT2D eigenvalue weighted by Gasteiger charge is 2.14. The molecular weight excluding hydrogens is 226 g/mol. The van der Waals surface area contributed by atoms with Crippen molar-refractivity contribution in [3.05, 3.63) is 46.4 Å². The first-order valence-corrected chi connectivity index (χ1v) is 6.30. The molecule has 0 aliphatic rings. The minimum atomic E-state index is -0.0928. The molecule has 0 bridgehead atoms. The van der Waals surface area contributed by atoms with E-state index in [2.05, 4.69) is 6.92 Å². The molecule has 0 atom stereocenters. The van der Waals surface area contributed by atoms with Gasteiger partial charge in [-0.05, 0) is 25.5 Å². The molecule has 0 fully saturated rings. The number of nitrogen functional groups attached to an aromatic ring is 1. The summed E-state index contributed by atoms with van der Waals surface area (Å²) in [5.74, 6) is 0. The zero-order valence-corrected chi connectivity index (χ0v) is 10.9. The van der Waals surface area contributed by atoms with E-state index in [1.165, 1.54) is 0 Å². The van der Waals surface area contributed by atoms with Crippen LogP contribution in [0, 0.1) is 6.92 Å². The van der Waals surface area contributed by atoms with Crippen molar-refractivity contribution in [2.24, 2.45) is 0 Å². The molecule has 4 heteroatoms. The summed E-state index contributed by atoms with van der Waals surface area (Å²) in [6.07, 6.45) is 2.01. The Labute approximate surface area is 107 Å². The van der Waals surface area contributed by atoms with Crippen molar-refractivity contribution in [1.82, 2.24) is 9.36 Å². The maximum Gasteiger partial charge on any atom is 0.290 e. The van der Waals surface area contributed by atoms with Gasteiger partial charge in [-0.1, -0.05) is 31.5 Å². The Kier molecular flexibility index (Phi) is 3.55. The number of hydrogen-bond acceptors (Lipinski definition) is 2. The highest BCUT2D eigenvalue weighted by Crippen LogP contribution is 2.15. The van der Waals surface area contributed by atoms with Crippen molar-refractivity contribution >= 4 is 5.69 Å². The van der Waals surface area contributed by atoms with Crippen LogP contribution in [0.25, 0.3) is 5.69 Å². The zero-order chi connectivity index (χ0) is 13.1. The third kappa shape index (κ3) is 2.06. The summed E-state index contributed by atoms with van der Waals surface area (Å²) in [6.45, 7) is 4.69. The van der Waals surface area contributed by atoms with Crippen LogP contribution in [0.5, 0.6) is 0 Å². The van der Waals surface area contributed by atoms with Gasteiger partial charge in [0.15, 0.2) is 0 Å². The standard InChI is InChI=1S/C14H19N3O/c1-3-4-10-16-14(18)13(15)11(2)17(16)12-8-6-5-7-9-12/h5-9H,3-4,10,15H2,1-2H3. The predicted molar refractivity (Wildman–Crippen MR) is 74.1 cm³/mol. The van der Waals surface area contributed by atoms with Crippen molar-refractivity contribution in [2.75, 3.05) is 5.73 Å². The fourth-order valence-electron chi connectivity index (χ4n) is 2.09. The molecule has 1 aromatic carbocycles. The molecule has 2 aromatic rings. The van der Waals surface area contributed by atoms with Gasteiger partial charge in [-0.15, -0.1) is 0 Å². The zero-order valence-electron chi connectivity index (χ0n) is 10.9. The molecule has 0 saturated carbocycles. The lowest BCUT2D eigenvalue weighted by atomic mass is 10.3. The van der Waals surface area contributed by atoms with Crippen molar-refractivity contribution in [3.8, 4) is 5.69 Å². The SMILES string of the molecule is CCCCn1c(=O)c(N)c(C)n1-c1ccccc1. The number of rotatable bonds is 4. The Morgan fingerprint density at radius 1 is 1.22 bits per heavy atom. The highest BCUT2D eigenvalue weighted by molar-refractivity contribution is 5.45. The molecule has 0 spiro atoms. The third-order valence-electron chi connectivity index (χ3n) is 3.14. The normalized spacial score (nSPS) is 10.8. The van der Waals surface area contributed by atoms with Gasteiger partial charge in [0.2, 0.25) is 0 Å². The number of unbranched alkanes of at least 4 members (excludes halogenated alkanes) is 1. The van der Waals surface area contributed by atoms with Gasteiger partial charge < -0.3 is 5.73 Å². The average molecular weight is 245 g/mol. The maximum absolute atomic E-state index is 12.1. The van der Waals surface area contributed by atoms with Gasteiger partial charge in [0.05, 0.1) is 11.4 Å². The molecule has 0 amide bonds. The Morgan fingerprint density at radius 2 is 1.89 bits per heavy atom. The van der Waals surface area contributed by atoms with Gasteiger partial charge in [-0.2, -0.15) is 0 Å². The number of aromatic nitrogens is 2. The van der Waals surface area contributed by atoms with E-state index in [1.807, 2.05) is 41.9 Å². The Balaban J connectivity index is 2.58.